The zero-order chi connectivity index (χ0) is 26.9. The molecule has 0 spiro atoms. The minimum absolute atomic E-state index is 0.887. The van der Waals surface area contributed by atoms with Gasteiger partial charge in [-0.25, -0.2) is 9.97 Å². The largest absolute Gasteiger partial charge is 0.455 e. The van der Waals surface area contributed by atoms with Crippen LogP contribution in [0.15, 0.2) is 138 Å². The Kier molecular flexibility index (Phi) is 4.61. The molecule has 9 rings (SSSR count). The fraction of sp³-hybridized carbons (Fsp3) is 0. The van der Waals surface area contributed by atoms with Crippen molar-refractivity contribution in [1.82, 2.24) is 9.97 Å². The van der Waals surface area contributed by atoms with Crippen LogP contribution in [0.25, 0.3) is 87.8 Å². The van der Waals surface area contributed by atoms with E-state index in [4.69, 9.17) is 14.4 Å². The maximum atomic E-state index is 6.42. The van der Waals surface area contributed by atoms with Gasteiger partial charge in [0, 0.05) is 38.1 Å². The van der Waals surface area contributed by atoms with Gasteiger partial charge in [-0.3, -0.25) is 0 Å². The fourth-order valence-electron chi connectivity index (χ4n) is 6.36. The van der Waals surface area contributed by atoms with Gasteiger partial charge in [0.05, 0.1) is 27.8 Å². The van der Waals surface area contributed by atoms with Gasteiger partial charge in [-0.15, -0.1) is 0 Å². The van der Waals surface area contributed by atoms with Gasteiger partial charge in [0.15, 0.2) is 0 Å². The number of furan rings is 1. The summed E-state index contributed by atoms with van der Waals surface area (Å²) in [5.74, 6) is 0. The summed E-state index contributed by atoms with van der Waals surface area (Å²) >= 11 is 0. The lowest BCUT2D eigenvalue weighted by Crippen LogP contribution is -1.93. The molecular weight excluding hydrogens is 500 g/mol. The highest BCUT2D eigenvalue weighted by Gasteiger charge is 2.17. The highest BCUT2D eigenvalue weighted by Crippen LogP contribution is 2.40. The Balaban J connectivity index is 1.34. The smallest absolute Gasteiger partial charge is 0.145 e. The van der Waals surface area contributed by atoms with Crippen molar-refractivity contribution in [2.75, 3.05) is 0 Å². The lowest BCUT2D eigenvalue weighted by molar-refractivity contribution is 0.673. The summed E-state index contributed by atoms with van der Waals surface area (Å²) in [7, 11) is 0. The van der Waals surface area contributed by atoms with Crippen molar-refractivity contribution in [3.05, 3.63) is 133 Å². The summed E-state index contributed by atoms with van der Waals surface area (Å²) in [4.78, 5) is 10.5. The van der Waals surface area contributed by atoms with E-state index in [-0.39, 0.29) is 0 Å². The SMILES string of the molecule is c1ccc(-c2nc3cc(-c4nc5ccc6c7ccccc7oc6c5c5ccccc45)ccc3c3ccccc23)cc1. The van der Waals surface area contributed by atoms with Crippen LogP contribution in [0.4, 0.5) is 0 Å². The average Bonchev–Trinajstić information content (AvgIpc) is 3.43. The molecule has 0 saturated carbocycles. The standard InChI is InChI=1S/C38H22N2O/c1-2-10-23(11-3-1)36-29-15-6-4-12-25(29)26-19-18-24(22-33(26)40-36)37-30-16-7-5-14-28(30)35-32(39-37)21-20-31-27-13-8-9-17-34(27)41-38(31)35/h1-22H. The van der Waals surface area contributed by atoms with Gasteiger partial charge < -0.3 is 4.42 Å². The van der Waals surface area contributed by atoms with E-state index in [2.05, 4.69) is 115 Å². The van der Waals surface area contributed by atoms with Crippen molar-refractivity contribution in [3.8, 4) is 22.5 Å². The first kappa shape index (κ1) is 22.3. The molecule has 0 fully saturated rings. The lowest BCUT2D eigenvalue weighted by Gasteiger charge is -2.13. The molecule has 0 atom stereocenters. The van der Waals surface area contributed by atoms with Crippen LogP contribution in [0.3, 0.4) is 0 Å². The molecule has 190 valence electrons. The van der Waals surface area contributed by atoms with Gasteiger partial charge >= 0.3 is 0 Å². The summed E-state index contributed by atoms with van der Waals surface area (Å²) in [6.45, 7) is 0. The maximum absolute atomic E-state index is 6.42. The predicted molar refractivity (Wildman–Crippen MR) is 170 cm³/mol. The normalized spacial score (nSPS) is 11.9. The van der Waals surface area contributed by atoms with Gasteiger partial charge in [-0.1, -0.05) is 109 Å². The molecule has 0 aliphatic heterocycles. The molecule has 41 heavy (non-hydrogen) atoms. The number of pyridine rings is 2. The van der Waals surface area contributed by atoms with E-state index in [1.165, 1.54) is 5.39 Å². The van der Waals surface area contributed by atoms with Gasteiger partial charge in [0.25, 0.3) is 0 Å². The first-order valence-corrected chi connectivity index (χ1v) is 13.8. The molecule has 0 bridgehead atoms. The number of aromatic nitrogens is 2. The molecule has 9 aromatic rings. The van der Waals surface area contributed by atoms with Crippen molar-refractivity contribution >= 4 is 65.3 Å². The number of nitrogens with zero attached hydrogens (tertiary/aromatic N) is 2. The molecule has 0 saturated heterocycles. The van der Waals surface area contributed by atoms with Crippen molar-refractivity contribution in [2.45, 2.75) is 0 Å². The van der Waals surface area contributed by atoms with Crippen molar-refractivity contribution in [2.24, 2.45) is 0 Å². The van der Waals surface area contributed by atoms with Gasteiger partial charge in [-0.05, 0) is 35.0 Å². The number of rotatable bonds is 2. The van der Waals surface area contributed by atoms with E-state index in [1.54, 1.807) is 0 Å². The lowest BCUT2D eigenvalue weighted by atomic mass is 9.96. The summed E-state index contributed by atoms with van der Waals surface area (Å²) in [5.41, 5.74) is 7.75. The van der Waals surface area contributed by atoms with Crippen LogP contribution in [-0.4, -0.2) is 9.97 Å². The Bertz CT molecular complexity index is 2470. The second kappa shape index (κ2) is 8.48. The average molecular weight is 523 g/mol. The third kappa shape index (κ3) is 3.26. The quantitative estimate of drug-likeness (QED) is 0.212. The third-order valence-corrected chi connectivity index (χ3v) is 8.23. The van der Waals surface area contributed by atoms with E-state index in [0.717, 1.165) is 82.4 Å². The molecule has 0 amide bonds. The second-order valence-corrected chi connectivity index (χ2v) is 10.5. The minimum Gasteiger partial charge on any atom is -0.455 e. The summed E-state index contributed by atoms with van der Waals surface area (Å²) in [6, 6.07) is 46.5. The summed E-state index contributed by atoms with van der Waals surface area (Å²) < 4.78 is 6.42. The molecule has 3 heterocycles. The first-order chi connectivity index (χ1) is 20.3. The molecule has 6 aromatic carbocycles. The Labute approximate surface area is 235 Å². The Morgan fingerprint density at radius 3 is 1.83 bits per heavy atom. The topological polar surface area (TPSA) is 38.9 Å². The fourth-order valence-corrected chi connectivity index (χ4v) is 6.36. The minimum atomic E-state index is 0.887. The molecule has 0 radical (unpaired) electrons. The van der Waals surface area contributed by atoms with Crippen molar-refractivity contribution in [1.29, 1.82) is 0 Å². The van der Waals surface area contributed by atoms with Crippen LogP contribution in [0.2, 0.25) is 0 Å². The summed E-state index contributed by atoms with van der Waals surface area (Å²) in [6.07, 6.45) is 0. The van der Waals surface area contributed by atoms with Gasteiger partial charge in [0.1, 0.15) is 11.2 Å². The van der Waals surface area contributed by atoms with Crippen molar-refractivity contribution < 1.29 is 4.42 Å². The van der Waals surface area contributed by atoms with Crippen molar-refractivity contribution in [3.63, 3.8) is 0 Å². The monoisotopic (exact) mass is 522 g/mol. The van der Waals surface area contributed by atoms with Crippen LogP contribution in [-0.2, 0) is 0 Å². The zero-order valence-corrected chi connectivity index (χ0v) is 22.0. The van der Waals surface area contributed by atoms with Crippen LogP contribution in [0.5, 0.6) is 0 Å². The first-order valence-electron chi connectivity index (χ1n) is 13.8. The van der Waals surface area contributed by atoms with E-state index in [1.807, 2.05) is 18.2 Å². The Morgan fingerprint density at radius 2 is 1.00 bits per heavy atom. The molecule has 0 aliphatic rings. The molecule has 3 aromatic heterocycles. The van der Waals surface area contributed by atoms with Gasteiger partial charge in [-0.2, -0.15) is 0 Å². The molecule has 0 unspecified atom stereocenters. The number of fused-ring (bicyclic) bond motifs is 10. The highest BCUT2D eigenvalue weighted by atomic mass is 16.3. The number of hydrogen-bond donors (Lipinski definition) is 0. The predicted octanol–water partition coefficient (Wildman–Crippen LogP) is 10.3. The van der Waals surface area contributed by atoms with Crippen LogP contribution in [0, 0.1) is 0 Å². The van der Waals surface area contributed by atoms with Crippen LogP contribution >= 0.6 is 0 Å². The van der Waals surface area contributed by atoms with Gasteiger partial charge in [0.2, 0.25) is 0 Å². The molecule has 0 N–H and O–H groups in total. The Morgan fingerprint density at radius 1 is 0.390 bits per heavy atom. The van der Waals surface area contributed by atoms with E-state index >= 15 is 0 Å². The number of para-hydroxylation sites is 1. The van der Waals surface area contributed by atoms with E-state index < -0.39 is 0 Å². The number of benzene rings is 6. The van der Waals surface area contributed by atoms with Crippen LogP contribution < -0.4 is 0 Å². The zero-order valence-electron chi connectivity index (χ0n) is 22.0. The maximum Gasteiger partial charge on any atom is 0.145 e. The highest BCUT2D eigenvalue weighted by molar-refractivity contribution is 6.24. The third-order valence-electron chi connectivity index (χ3n) is 8.23. The summed E-state index contributed by atoms with van der Waals surface area (Å²) in [5, 5.41) is 9.01. The van der Waals surface area contributed by atoms with E-state index in [0.29, 0.717) is 0 Å². The van der Waals surface area contributed by atoms with Crippen LogP contribution in [0.1, 0.15) is 0 Å². The molecule has 0 aliphatic carbocycles. The molecular formula is C38H22N2O. The molecule has 3 heteroatoms. The Hall–Kier alpha value is -5.54. The molecule has 3 nitrogen and oxygen atoms in total. The second-order valence-electron chi connectivity index (χ2n) is 10.5. The van der Waals surface area contributed by atoms with E-state index in [9.17, 15) is 0 Å². The number of hydrogen-bond acceptors (Lipinski definition) is 3.